The number of hydrogen-bond acceptors (Lipinski definition) is 3. The Kier molecular flexibility index (Phi) is 5.89. The van der Waals surface area contributed by atoms with Gasteiger partial charge in [-0.25, -0.2) is 0 Å². The quantitative estimate of drug-likeness (QED) is 0.868. The molecular formula is C21H24N2O3. The van der Waals surface area contributed by atoms with Crippen LogP contribution < -0.4 is 5.32 Å². The van der Waals surface area contributed by atoms with Crippen molar-refractivity contribution in [3.63, 3.8) is 0 Å². The second-order valence-electron chi connectivity index (χ2n) is 6.66. The molecule has 1 unspecified atom stereocenters. The molecule has 1 fully saturated rings. The van der Waals surface area contributed by atoms with Crippen molar-refractivity contribution in [2.75, 3.05) is 18.4 Å². The zero-order chi connectivity index (χ0) is 18.4. The second-order valence-corrected chi connectivity index (χ2v) is 6.66. The molecule has 0 aliphatic carbocycles. The van der Waals surface area contributed by atoms with Gasteiger partial charge in [0.2, 0.25) is 11.8 Å². The molecule has 3 rings (SSSR count). The van der Waals surface area contributed by atoms with Crippen molar-refractivity contribution in [3.8, 4) is 5.75 Å². The predicted octanol–water partition coefficient (Wildman–Crippen LogP) is 3.20. The Labute approximate surface area is 153 Å². The number of rotatable bonds is 5. The number of nitrogens with one attached hydrogen (secondary N) is 1. The van der Waals surface area contributed by atoms with Gasteiger partial charge in [0.15, 0.2) is 0 Å². The number of para-hydroxylation sites is 2. The van der Waals surface area contributed by atoms with E-state index in [-0.39, 0.29) is 23.5 Å². The molecule has 5 heteroatoms. The molecule has 0 aromatic heterocycles. The first-order valence-corrected chi connectivity index (χ1v) is 9.04. The third kappa shape index (κ3) is 4.63. The number of aryl methyl sites for hydroxylation is 1. The highest BCUT2D eigenvalue weighted by molar-refractivity contribution is 5.93. The van der Waals surface area contributed by atoms with Gasteiger partial charge < -0.3 is 15.3 Å². The molecule has 2 aromatic rings. The monoisotopic (exact) mass is 352 g/mol. The number of hydrogen-bond donors (Lipinski definition) is 2. The van der Waals surface area contributed by atoms with Crippen LogP contribution in [0.1, 0.15) is 24.8 Å². The van der Waals surface area contributed by atoms with Crippen molar-refractivity contribution >= 4 is 17.5 Å². The van der Waals surface area contributed by atoms with Crippen LogP contribution in [0.25, 0.3) is 0 Å². The fourth-order valence-corrected chi connectivity index (χ4v) is 3.31. The van der Waals surface area contributed by atoms with E-state index in [1.165, 1.54) is 0 Å². The number of nitrogens with zero attached hydrogens (tertiary/aromatic N) is 1. The summed E-state index contributed by atoms with van der Waals surface area (Å²) in [6, 6.07) is 16.5. The Morgan fingerprint density at radius 3 is 2.58 bits per heavy atom. The van der Waals surface area contributed by atoms with E-state index in [4.69, 9.17) is 0 Å². The minimum atomic E-state index is -0.182. The van der Waals surface area contributed by atoms with Gasteiger partial charge in [0.25, 0.3) is 0 Å². The Bertz CT molecular complexity index is 761. The number of phenolic OH excluding ortho intramolecular Hbond substituents is 1. The molecule has 0 bridgehead atoms. The van der Waals surface area contributed by atoms with E-state index in [2.05, 4.69) is 5.32 Å². The summed E-state index contributed by atoms with van der Waals surface area (Å²) < 4.78 is 0. The maximum absolute atomic E-state index is 12.5. The molecule has 2 amide bonds. The maximum atomic E-state index is 12.5. The standard InChI is InChI=1S/C21H24N2O3/c24-19-11-5-4-7-16(19)12-13-20(25)23-14-6-8-17(15-23)21(26)22-18-9-2-1-3-10-18/h1-5,7,9-11,17,24H,6,8,12-15H2,(H,22,26). The molecule has 2 aromatic carbocycles. The number of likely N-dealkylation sites (tertiary alicyclic amines) is 1. The summed E-state index contributed by atoms with van der Waals surface area (Å²) >= 11 is 0. The maximum Gasteiger partial charge on any atom is 0.229 e. The van der Waals surface area contributed by atoms with Gasteiger partial charge in [-0.3, -0.25) is 9.59 Å². The van der Waals surface area contributed by atoms with Crippen molar-refractivity contribution in [3.05, 3.63) is 60.2 Å². The number of phenols is 1. The normalized spacial score (nSPS) is 16.9. The molecule has 0 radical (unpaired) electrons. The van der Waals surface area contributed by atoms with E-state index >= 15 is 0 Å². The molecule has 2 N–H and O–H groups in total. The van der Waals surface area contributed by atoms with Crippen molar-refractivity contribution in [1.29, 1.82) is 0 Å². The van der Waals surface area contributed by atoms with E-state index < -0.39 is 0 Å². The van der Waals surface area contributed by atoms with Crippen molar-refractivity contribution in [1.82, 2.24) is 4.90 Å². The van der Waals surface area contributed by atoms with Gasteiger partial charge in [0, 0.05) is 25.2 Å². The molecule has 1 aliphatic heterocycles. The predicted molar refractivity (Wildman–Crippen MR) is 101 cm³/mol. The van der Waals surface area contributed by atoms with Crippen LogP contribution >= 0.6 is 0 Å². The molecule has 26 heavy (non-hydrogen) atoms. The van der Waals surface area contributed by atoms with Crippen LogP contribution in [0, 0.1) is 5.92 Å². The second kappa shape index (κ2) is 8.52. The van der Waals surface area contributed by atoms with E-state index in [9.17, 15) is 14.7 Å². The molecular weight excluding hydrogens is 328 g/mol. The minimum absolute atomic E-state index is 0.0328. The van der Waals surface area contributed by atoms with Crippen LogP contribution in [0.3, 0.4) is 0 Å². The van der Waals surface area contributed by atoms with Crippen molar-refractivity contribution in [2.45, 2.75) is 25.7 Å². The lowest BCUT2D eigenvalue weighted by Gasteiger charge is -2.32. The van der Waals surface area contributed by atoms with E-state index in [0.29, 0.717) is 25.9 Å². The smallest absolute Gasteiger partial charge is 0.229 e. The third-order valence-electron chi connectivity index (χ3n) is 4.79. The minimum Gasteiger partial charge on any atom is -0.508 e. The molecule has 1 saturated heterocycles. The number of amides is 2. The molecule has 0 saturated carbocycles. The van der Waals surface area contributed by atoms with Gasteiger partial charge in [-0.05, 0) is 43.0 Å². The van der Waals surface area contributed by atoms with Crippen LogP contribution in [0.4, 0.5) is 5.69 Å². The summed E-state index contributed by atoms with van der Waals surface area (Å²) in [6.45, 7) is 1.15. The molecule has 5 nitrogen and oxygen atoms in total. The van der Waals surface area contributed by atoms with Crippen LogP contribution in [-0.4, -0.2) is 34.9 Å². The Morgan fingerprint density at radius 1 is 1.08 bits per heavy atom. The van der Waals surface area contributed by atoms with Gasteiger partial charge in [0.05, 0.1) is 5.92 Å². The zero-order valence-corrected chi connectivity index (χ0v) is 14.7. The lowest BCUT2D eigenvalue weighted by molar-refractivity contribution is -0.134. The zero-order valence-electron chi connectivity index (χ0n) is 14.7. The fourth-order valence-electron chi connectivity index (χ4n) is 3.31. The molecule has 1 aliphatic rings. The van der Waals surface area contributed by atoms with E-state index in [0.717, 1.165) is 24.1 Å². The van der Waals surface area contributed by atoms with Gasteiger partial charge in [-0.1, -0.05) is 36.4 Å². The first-order chi connectivity index (χ1) is 12.6. The van der Waals surface area contributed by atoms with Gasteiger partial charge in [0.1, 0.15) is 5.75 Å². The Balaban J connectivity index is 1.53. The highest BCUT2D eigenvalue weighted by Crippen LogP contribution is 2.21. The largest absolute Gasteiger partial charge is 0.508 e. The third-order valence-corrected chi connectivity index (χ3v) is 4.79. The summed E-state index contributed by atoms with van der Waals surface area (Å²) in [5, 5.41) is 12.7. The van der Waals surface area contributed by atoms with Gasteiger partial charge >= 0.3 is 0 Å². The number of carbonyl (C=O) groups excluding carboxylic acids is 2. The van der Waals surface area contributed by atoms with Crippen LogP contribution in [-0.2, 0) is 16.0 Å². The highest BCUT2D eigenvalue weighted by Gasteiger charge is 2.28. The number of aromatic hydroxyl groups is 1. The number of anilines is 1. The van der Waals surface area contributed by atoms with Crippen molar-refractivity contribution in [2.24, 2.45) is 5.92 Å². The Hall–Kier alpha value is -2.82. The average molecular weight is 352 g/mol. The molecule has 1 heterocycles. The van der Waals surface area contributed by atoms with Crippen LogP contribution in [0.2, 0.25) is 0 Å². The average Bonchev–Trinajstić information content (AvgIpc) is 2.68. The summed E-state index contributed by atoms with van der Waals surface area (Å²) in [6.07, 6.45) is 2.46. The first kappa shape index (κ1) is 18.0. The Morgan fingerprint density at radius 2 is 1.81 bits per heavy atom. The first-order valence-electron chi connectivity index (χ1n) is 9.04. The molecule has 1 atom stereocenters. The van der Waals surface area contributed by atoms with Gasteiger partial charge in [-0.2, -0.15) is 0 Å². The fraction of sp³-hybridized carbons (Fsp3) is 0.333. The number of carbonyl (C=O) groups is 2. The summed E-state index contributed by atoms with van der Waals surface area (Å²) in [4.78, 5) is 26.8. The lowest BCUT2D eigenvalue weighted by Crippen LogP contribution is -2.43. The topological polar surface area (TPSA) is 69.6 Å². The van der Waals surface area contributed by atoms with E-state index in [1.807, 2.05) is 42.5 Å². The van der Waals surface area contributed by atoms with Crippen LogP contribution in [0.5, 0.6) is 5.75 Å². The molecule has 136 valence electrons. The van der Waals surface area contributed by atoms with Gasteiger partial charge in [-0.15, -0.1) is 0 Å². The SMILES string of the molecule is O=C(Nc1ccccc1)C1CCCN(C(=O)CCc2ccccc2O)C1. The summed E-state index contributed by atoms with van der Waals surface area (Å²) in [5.41, 5.74) is 1.55. The van der Waals surface area contributed by atoms with E-state index in [1.54, 1.807) is 17.0 Å². The van der Waals surface area contributed by atoms with Crippen LogP contribution in [0.15, 0.2) is 54.6 Å². The highest BCUT2D eigenvalue weighted by atomic mass is 16.3. The number of benzene rings is 2. The summed E-state index contributed by atoms with van der Waals surface area (Å²) in [5.74, 6) is 0.0389. The molecule has 0 spiro atoms. The number of piperidine rings is 1. The lowest BCUT2D eigenvalue weighted by atomic mass is 9.96. The summed E-state index contributed by atoms with van der Waals surface area (Å²) in [7, 11) is 0. The van der Waals surface area contributed by atoms with Crippen molar-refractivity contribution < 1.29 is 14.7 Å².